The van der Waals surface area contributed by atoms with E-state index in [2.05, 4.69) is 0 Å². The first kappa shape index (κ1) is 10.8. The molecule has 0 aromatic heterocycles. The van der Waals surface area contributed by atoms with Gasteiger partial charge in [-0.25, -0.2) is 0 Å². The average molecular weight is 210 g/mol. The van der Waals surface area contributed by atoms with E-state index in [0.717, 1.165) is 11.3 Å². The van der Waals surface area contributed by atoms with Crippen molar-refractivity contribution in [3.05, 3.63) is 40.9 Å². The predicted molar refractivity (Wildman–Crippen MR) is 59.4 cm³/mol. The summed E-state index contributed by atoms with van der Waals surface area (Å²) in [5.74, 6) is 0.729. The first-order chi connectivity index (χ1) is 6.69. The van der Waals surface area contributed by atoms with Crippen molar-refractivity contribution in [2.75, 3.05) is 7.11 Å². The average Bonchev–Trinajstić information content (AvgIpc) is 2.27. The topological polar surface area (TPSA) is 33.1 Å². The molecule has 0 saturated heterocycles. The van der Waals surface area contributed by atoms with E-state index in [1.54, 1.807) is 26.2 Å². The van der Waals surface area contributed by atoms with Crippen molar-refractivity contribution in [2.45, 2.75) is 6.92 Å². The maximum Gasteiger partial charge on any atom is 0.119 e. The van der Waals surface area contributed by atoms with Gasteiger partial charge in [0, 0.05) is 5.56 Å². The van der Waals surface area contributed by atoms with Gasteiger partial charge in [0.1, 0.15) is 5.75 Å². The van der Waals surface area contributed by atoms with Crippen molar-refractivity contribution in [1.29, 1.82) is 5.41 Å². The first-order valence-corrected chi connectivity index (χ1v) is 4.62. The molecule has 2 nitrogen and oxygen atoms in total. The molecule has 1 N–H and O–H groups in total. The Labute approximate surface area is 88.7 Å². The molecule has 0 fully saturated rings. The highest BCUT2D eigenvalue weighted by atomic mass is 35.5. The molecule has 0 spiro atoms. The van der Waals surface area contributed by atoms with E-state index < -0.39 is 0 Å². The smallest absolute Gasteiger partial charge is 0.119 e. The van der Waals surface area contributed by atoms with Crippen molar-refractivity contribution in [3.63, 3.8) is 0 Å². The Balaban J connectivity index is 3.01. The lowest BCUT2D eigenvalue weighted by atomic mass is 10.1. The summed E-state index contributed by atoms with van der Waals surface area (Å²) in [5.41, 5.74) is 1.07. The van der Waals surface area contributed by atoms with Crippen LogP contribution in [-0.2, 0) is 0 Å². The van der Waals surface area contributed by atoms with E-state index in [0.29, 0.717) is 10.7 Å². The van der Waals surface area contributed by atoms with Crippen LogP contribution in [-0.4, -0.2) is 12.8 Å². The van der Waals surface area contributed by atoms with Gasteiger partial charge in [0.15, 0.2) is 0 Å². The number of allylic oxidation sites excluding steroid dienone is 2. The van der Waals surface area contributed by atoms with Crippen LogP contribution in [0.25, 0.3) is 0 Å². The van der Waals surface area contributed by atoms with E-state index in [1.807, 2.05) is 18.2 Å². The highest BCUT2D eigenvalue weighted by Crippen LogP contribution is 2.17. The largest absolute Gasteiger partial charge is 0.497 e. The monoisotopic (exact) mass is 209 g/mol. The van der Waals surface area contributed by atoms with Crippen LogP contribution in [0.4, 0.5) is 0 Å². The number of ether oxygens (including phenoxy) is 1. The Morgan fingerprint density at radius 2 is 2.21 bits per heavy atom. The Hall–Kier alpha value is -1.28. The lowest BCUT2D eigenvalue weighted by Gasteiger charge is -2.04. The molecular formula is C11H12ClNO. The van der Waals surface area contributed by atoms with Crippen LogP contribution < -0.4 is 4.74 Å². The van der Waals surface area contributed by atoms with Gasteiger partial charge >= 0.3 is 0 Å². The summed E-state index contributed by atoms with van der Waals surface area (Å²) in [6, 6.07) is 7.29. The third-order valence-electron chi connectivity index (χ3n) is 1.85. The third-order valence-corrected chi connectivity index (χ3v) is 2.26. The van der Waals surface area contributed by atoms with Gasteiger partial charge in [0.2, 0.25) is 0 Å². The molecule has 0 aliphatic heterocycles. The lowest BCUT2D eigenvalue weighted by Crippen LogP contribution is -1.99. The van der Waals surface area contributed by atoms with Crippen LogP contribution in [0.3, 0.4) is 0 Å². The van der Waals surface area contributed by atoms with Crippen LogP contribution in [0.2, 0.25) is 0 Å². The molecule has 1 rings (SSSR count). The molecule has 0 bridgehead atoms. The van der Waals surface area contributed by atoms with Gasteiger partial charge in [0.25, 0.3) is 0 Å². The maximum atomic E-state index is 7.75. The molecule has 0 radical (unpaired) electrons. The summed E-state index contributed by atoms with van der Waals surface area (Å²) in [4.78, 5) is 0. The number of nitrogens with one attached hydrogen (secondary N) is 1. The van der Waals surface area contributed by atoms with Gasteiger partial charge in [-0.1, -0.05) is 29.8 Å². The third kappa shape index (κ3) is 2.36. The summed E-state index contributed by atoms with van der Waals surface area (Å²) in [6.45, 7) is 1.80. The van der Waals surface area contributed by atoms with Crippen LogP contribution >= 0.6 is 11.6 Å². The van der Waals surface area contributed by atoms with Crippen LogP contribution in [0, 0.1) is 5.41 Å². The number of benzene rings is 1. The van der Waals surface area contributed by atoms with Crippen molar-refractivity contribution < 1.29 is 4.74 Å². The molecule has 3 heteroatoms. The second-order valence-electron chi connectivity index (χ2n) is 2.74. The normalized spacial score (nSPS) is 11.2. The van der Waals surface area contributed by atoms with Crippen molar-refractivity contribution in [3.8, 4) is 5.75 Å². The molecule has 14 heavy (non-hydrogen) atoms. The SMILES string of the molecule is C/C=C(\Cl)C(=N)c1cccc(OC)c1. The molecule has 0 amide bonds. The fourth-order valence-corrected chi connectivity index (χ4v) is 1.17. The Kier molecular flexibility index (Phi) is 3.72. The number of methoxy groups -OCH3 is 1. The van der Waals surface area contributed by atoms with E-state index in [-0.39, 0.29) is 0 Å². The highest BCUT2D eigenvalue weighted by Gasteiger charge is 2.05. The summed E-state index contributed by atoms with van der Waals surface area (Å²) in [6.07, 6.45) is 1.70. The Morgan fingerprint density at radius 1 is 1.50 bits per heavy atom. The van der Waals surface area contributed by atoms with Crippen molar-refractivity contribution in [1.82, 2.24) is 0 Å². The lowest BCUT2D eigenvalue weighted by molar-refractivity contribution is 0.414. The summed E-state index contributed by atoms with van der Waals surface area (Å²) in [7, 11) is 1.60. The molecule has 0 atom stereocenters. The van der Waals surface area contributed by atoms with E-state index in [9.17, 15) is 0 Å². The zero-order valence-corrected chi connectivity index (χ0v) is 8.93. The molecule has 1 aromatic rings. The number of hydrogen-bond acceptors (Lipinski definition) is 2. The van der Waals surface area contributed by atoms with E-state index in [1.165, 1.54) is 0 Å². The number of hydrogen-bond donors (Lipinski definition) is 1. The van der Waals surface area contributed by atoms with Crippen molar-refractivity contribution in [2.24, 2.45) is 0 Å². The van der Waals surface area contributed by atoms with Crippen LogP contribution in [0.1, 0.15) is 12.5 Å². The van der Waals surface area contributed by atoms with Crippen LogP contribution in [0.5, 0.6) is 5.75 Å². The van der Waals surface area contributed by atoms with E-state index >= 15 is 0 Å². The van der Waals surface area contributed by atoms with Crippen molar-refractivity contribution >= 4 is 17.3 Å². The van der Waals surface area contributed by atoms with Crippen LogP contribution in [0.15, 0.2) is 35.4 Å². The summed E-state index contributed by atoms with van der Waals surface area (Å²) >= 11 is 5.84. The minimum absolute atomic E-state index is 0.313. The number of rotatable bonds is 3. The van der Waals surface area contributed by atoms with Gasteiger partial charge in [0.05, 0.1) is 17.9 Å². The Bertz CT molecular complexity index is 371. The van der Waals surface area contributed by atoms with Gasteiger partial charge < -0.3 is 4.74 Å². The molecule has 0 aliphatic carbocycles. The molecule has 1 aromatic carbocycles. The zero-order chi connectivity index (χ0) is 10.6. The van der Waals surface area contributed by atoms with Gasteiger partial charge in [-0.2, -0.15) is 0 Å². The molecule has 0 heterocycles. The minimum Gasteiger partial charge on any atom is -0.497 e. The van der Waals surface area contributed by atoms with Gasteiger partial charge in [-0.15, -0.1) is 0 Å². The van der Waals surface area contributed by atoms with E-state index in [4.69, 9.17) is 21.7 Å². The second-order valence-corrected chi connectivity index (χ2v) is 3.15. The summed E-state index contributed by atoms with van der Waals surface area (Å²) in [5, 5.41) is 8.19. The fourth-order valence-electron chi connectivity index (χ4n) is 1.06. The minimum atomic E-state index is 0.313. The molecule has 74 valence electrons. The van der Waals surface area contributed by atoms with Gasteiger partial charge in [-0.05, 0) is 19.1 Å². The maximum absolute atomic E-state index is 7.75. The summed E-state index contributed by atoms with van der Waals surface area (Å²) < 4.78 is 5.06. The molecule has 0 saturated carbocycles. The first-order valence-electron chi connectivity index (χ1n) is 4.24. The fraction of sp³-hybridized carbons (Fsp3) is 0.182. The Morgan fingerprint density at radius 3 is 2.79 bits per heavy atom. The standard InChI is InChI=1S/C11H12ClNO/c1-3-10(12)11(13)8-5-4-6-9(7-8)14-2/h3-7,13H,1-2H3/b10-3-,13-11?. The predicted octanol–water partition coefficient (Wildman–Crippen LogP) is 3.21. The zero-order valence-electron chi connectivity index (χ0n) is 8.17. The molecule has 0 unspecified atom stereocenters. The second kappa shape index (κ2) is 4.82. The highest BCUT2D eigenvalue weighted by molar-refractivity contribution is 6.45. The van der Waals surface area contributed by atoms with Gasteiger partial charge in [-0.3, -0.25) is 5.41 Å². The molecule has 0 aliphatic rings. The quantitative estimate of drug-likeness (QED) is 0.762. The molecular weight excluding hydrogens is 198 g/mol. The number of halogens is 1.